The van der Waals surface area contributed by atoms with Crippen LogP contribution in [0, 0.1) is 0 Å². The van der Waals surface area contributed by atoms with E-state index in [-0.39, 0.29) is 11.8 Å². The fraction of sp³-hybridized carbons (Fsp3) is 0.455. The van der Waals surface area contributed by atoms with E-state index < -0.39 is 10.0 Å². The smallest absolute Gasteiger partial charge is 0.212 e. The Hall–Kier alpha value is -0.580. The Balaban J connectivity index is 2.59. The Bertz CT molecular complexity index is 405. The molecule has 0 radical (unpaired) electrons. The number of halogens is 1. The molecule has 0 aliphatic rings. The summed E-state index contributed by atoms with van der Waals surface area (Å²) in [5.74, 6) is 0.468. The molecule has 0 aromatic heterocycles. The number of sulfonamides is 1. The lowest BCUT2D eigenvalue weighted by molar-refractivity contribution is 0.556. The van der Waals surface area contributed by atoms with Crippen molar-refractivity contribution in [3.8, 4) is 0 Å². The van der Waals surface area contributed by atoms with Gasteiger partial charge in [-0.3, -0.25) is 0 Å². The standard InChI is InChI=1S/C11H16ClNO2S/c1-10(7-8-12)13-16(14,15)9-11-5-3-2-4-6-11/h2-6,10,13H,7-9H2,1H3/t10-/m0/s1. The van der Waals surface area contributed by atoms with Crippen LogP contribution in [0.25, 0.3) is 0 Å². The van der Waals surface area contributed by atoms with Crippen molar-refractivity contribution in [1.29, 1.82) is 0 Å². The van der Waals surface area contributed by atoms with Crippen LogP contribution in [0.2, 0.25) is 0 Å². The highest BCUT2D eigenvalue weighted by atomic mass is 35.5. The number of benzene rings is 1. The van der Waals surface area contributed by atoms with Crippen LogP contribution in [-0.4, -0.2) is 20.3 Å². The summed E-state index contributed by atoms with van der Waals surface area (Å²) in [5.41, 5.74) is 0.785. The van der Waals surface area contributed by atoms with Crippen molar-refractivity contribution in [3.63, 3.8) is 0 Å². The Morgan fingerprint density at radius 1 is 1.31 bits per heavy atom. The summed E-state index contributed by atoms with van der Waals surface area (Å²) in [6.07, 6.45) is 0.634. The molecule has 90 valence electrons. The number of rotatable bonds is 6. The summed E-state index contributed by atoms with van der Waals surface area (Å²) in [6, 6.07) is 8.99. The van der Waals surface area contributed by atoms with E-state index in [1.165, 1.54) is 0 Å². The van der Waals surface area contributed by atoms with Gasteiger partial charge in [-0.15, -0.1) is 11.6 Å². The first-order valence-corrected chi connectivity index (χ1v) is 7.32. The minimum atomic E-state index is -3.26. The van der Waals surface area contributed by atoms with Crippen LogP contribution in [0.1, 0.15) is 18.9 Å². The first-order valence-electron chi connectivity index (χ1n) is 5.13. The molecule has 0 spiro atoms. The van der Waals surface area contributed by atoms with Crippen molar-refractivity contribution in [2.45, 2.75) is 25.1 Å². The monoisotopic (exact) mass is 261 g/mol. The number of nitrogens with one attached hydrogen (secondary N) is 1. The van der Waals surface area contributed by atoms with Crippen molar-refractivity contribution in [3.05, 3.63) is 35.9 Å². The van der Waals surface area contributed by atoms with E-state index in [2.05, 4.69) is 4.72 Å². The predicted molar refractivity (Wildman–Crippen MR) is 67.0 cm³/mol. The molecule has 16 heavy (non-hydrogen) atoms. The average molecular weight is 262 g/mol. The van der Waals surface area contributed by atoms with Gasteiger partial charge in [-0.2, -0.15) is 0 Å². The number of hydrogen-bond donors (Lipinski definition) is 1. The van der Waals surface area contributed by atoms with Gasteiger partial charge in [0.1, 0.15) is 0 Å². The lowest BCUT2D eigenvalue weighted by Gasteiger charge is -2.12. The zero-order chi connectivity index (χ0) is 12.0. The van der Waals surface area contributed by atoms with E-state index in [9.17, 15) is 8.42 Å². The molecule has 0 saturated heterocycles. The summed E-state index contributed by atoms with van der Waals surface area (Å²) in [5, 5.41) is 0. The molecule has 0 heterocycles. The molecule has 1 N–H and O–H groups in total. The average Bonchev–Trinajstić information content (AvgIpc) is 2.17. The predicted octanol–water partition coefficient (Wildman–Crippen LogP) is 2.12. The molecule has 0 amide bonds. The highest BCUT2D eigenvalue weighted by molar-refractivity contribution is 7.88. The molecule has 1 aromatic rings. The summed E-state index contributed by atoms with van der Waals surface area (Å²) in [6.45, 7) is 1.81. The van der Waals surface area contributed by atoms with Gasteiger partial charge >= 0.3 is 0 Å². The second-order valence-corrected chi connectivity index (χ2v) is 5.87. The Kier molecular flexibility index (Phi) is 5.25. The molecule has 0 aliphatic carbocycles. The Labute approximate surface area is 102 Å². The van der Waals surface area contributed by atoms with Crippen molar-refractivity contribution in [2.24, 2.45) is 0 Å². The molecule has 1 rings (SSSR count). The van der Waals surface area contributed by atoms with E-state index in [1.807, 2.05) is 25.1 Å². The van der Waals surface area contributed by atoms with Crippen molar-refractivity contribution in [1.82, 2.24) is 4.72 Å². The molecule has 0 saturated carbocycles. The molecular weight excluding hydrogens is 246 g/mol. The number of alkyl halides is 1. The van der Waals surface area contributed by atoms with E-state index in [0.717, 1.165) is 5.56 Å². The van der Waals surface area contributed by atoms with E-state index in [0.29, 0.717) is 12.3 Å². The normalized spacial score (nSPS) is 13.6. The Morgan fingerprint density at radius 3 is 2.50 bits per heavy atom. The van der Waals surface area contributed by atoms with Crippen LogP contribution in [0.5, 0.6) is 0 Å². The van der Waals surface area contributed by atoms with Gasteiger partial charge in [-0.05, 0) is 18.9 Å². The fourth-order valence-electron chi connectivity index (χ4n) is 1.36. The van der Waals surface area contributed by atoms with Gasteiger partial charge in [-0.1, -0.05) is 30.3 Å². The third-order valence-corrected chi connectivity index (χ3v) is 3.82. The van der Waals surface area contributed by atoms with Gasteiger partial charge in [0.25, 0.3) is 0 Å². The molecule has 3 nitrogen and oxygen atoms in total. The summed E-state index contributed by atoms with van der Waals surface area (Å²) in [4.78, 5) is 0. The lowest BCUT2D eigenvalue weighted by atomic mass is 10.2. The minimum absolute atomic E-state index is 0.0144. The third kappa shape index (κ3) is 4.96. The summed E-state index contributed by atoms with van der Waals surface area (Å²) >= 11 is 5.55. The molecule has 1 aromatic carbocycles. The lowest BCUT2D eigenvalue weighted by Crippen LogP contribution is -2.33. The molecular formula is C11H16ClNO2S. The van der Waals surface area contributed by atoms with Gasteiger partial charge < -0.3 is 0 Å². The quantitative estimate of drug-likeness (QED) is 0.798. The van der Waals surface area contributed by atoms with E-state index in [1.54, 1.807) is 12.1 Å². The SMILES string of the molecule is C[C@@H](CCCl)NS(=O)(=O)Cc1ccccc1. The van der Waals surface area contributed by atoms with Gasteiger partial charge in [0.2, 0.25) is 10.0 Å². The van der Waals surface area contributed by atoms with Crippen LogP contribution in [0.3, 0.4) is 0 Å². The molecule has 0 fully saturated rings. The third-order valence-electron chi connectivity index (χ3n) is 2.12. The first-order chi connectivity index (χ1) is 7.53. The van der Waals surface area contributed by atoms with E-state index >= 15 is 0 Å². The van der Waals surface area contributed by atoms with Crippen molar-refractivity contribution >= 4 is 21.6 Å². The highest BCUT2D eigenvalue weighted by Crippen LogP contribution is 2.05. The summed E-state index contributed by atoms with van der Waals surface area (Å²) < 4.78 is 26.1. The first kappa shape index (κ1) is 13.5. The van der Waals surface area contributed by atoms with Gasteiger partial charge in [0.15, 0.2) is 0 Å². The molecule has 1 atom stereocenters. The van der Waals surface area contributed by atoms with Crippen molar-refractivity contribution in [2.75, 3.05) is 5.88 Å². The van der Waals surface area contributed by atoms with Crippen molar-refractivity contribution < 1.29 is 8.42 Å². The minimum Gasteiger partial charge on any atom is -0.212 e. The molecule has 5 heteroatoms. The largest absolute Gasteiger partial charge is 0.216 e. The zero-order valence-electron chi connectivity index (χ0n) is 9.19. The number of hydrogen-bond acceptors (Lipinski definition) is 2. The maximum absolute atomic E-state index is 11.7. The fourth-order valence-corrected chi connectivity index (χ4v) is 3.14. The maximum atomic E-state index is 11.7. The van der Waals surface area contributed by atoms with Gasteiger partial charge in [0.05, 0.1) is 5.75 Å². The Morgan fingerprint density at radius 2 is 1.94 bits per heavy atom. The topological polar surface area (TPSA) is 46.2 Å². The molecule has 0 unspecified atom stereocenters. The van der Waals surface area contributed by atoms with Crippen LogP contribution >= 0.6 is 11.6 Å². The van der Waals surface area contributed by atoms with E-state index in [4.69, 9.17) is 11.6 Å². The van der Waals surface area contributed by atoms with Gasteiger partial charge in [0, 0.05) is 11.9 Å². The molecule has 0 aliphatic heterocycles. The zero-order valence-corrected chi connectivity index (χ0v) is 10.8. The second-order valence-electron chi connectivity index (χ2n) is 3.74. The van der Waals surface area contributed by atoms with Gasteiger partial charge in [-0.25, -0.2) is 13.1 Å². The van der Waals surface area contributed by atoms with Crippen LogP contribution < -0.4 is 4.72 Å². The summed E-state index contributed by atoms with van der Waals surface area (Å²) in [7, 11) is -3.26. The van der Waals surface area contributed by atoms with Crippen LogP contribution in [-0.2, 0) is 15.8 Å². The second kappa shape index (κ2) is 6.23. The van der Waals surface area contributed by atoms with Crippen LogP contribution in [0.15, 0.2) is 30.3 Å². The molecule has 0 bridgehead atoms. The highest BCUT2D eigenvalue weighted by Gasteiger charge is 2.14. The maximum Gasteiger partial charge on any atom is 0.216 e. The van der Waals surface area contributed by atoms with Crippen LogP contribution in [0.4, 0.5) is 0 Å².